The molecule has 0 amide bonds. The molecule has 0 atom stereocenters. The highest BCUT2D eigenvalue weighted by Crippen LogP contribution is 2.41. The summed E-state index contributed by atoms with van der Waals surface area (Å²) in [6.07, 6.45) is 3.28. The molecule has 9 heteroatoms. The largest absolute Gasteiger partial charge is 0.507 e. The van der Waals surface area contributed by atoms with Gasteiger partial charge in [-0.05, 0) is 38.2 Å². The lowest BCUT2D eigenvalue weighted by Gasteiger charge is -2.13. The molecule has 182 valence electrons. The standard InChI is InChI=1S/C26H27N3O5S/c1-4-34-26(31)24-22(16-35(32,33)18-10-6-5-7-11-18)29(3)21-13-19(17-9-8-12-28-14-17)25(30)20(15-27-2)23(21)24/h5-14,27,30H,4,15-16H2,1-3H3. The van der Waals surface area contributed by atoms with E-state index in [-0.39, 0.29) is 29.4 Å². The second kappa shape index (κ2) is 9.89. The molecule has 0 saturated heterocycles. The highest BCUT2D eigenvalue weighted by Gasteiger charge is 2.30. The van der Waals surface area contributed by atoms with Crippen molar-refractivity contribution in [3.05, 3.63) is 77.7 Å². The minimum absolute atomic E-state index is 0.00605. The maximum absolute atomic E-state index is 13.3. The number of rotatable bonds is 8. The Morgan fingerprint density at radius 1 is 1.17 bits per heavy atom. The number of fused-ring (bicyclic) bond motifs is 1. The van der Waals surface area contributed by atoms with E-state index in [0.29, 0.717) is 33.3 Å². The van der Waals surface area contributed by atoms with Crippen LogP contribution in [0.4, 0.5) is 0 Å². The predicted octanol–water partition coefficient (Wildman–Crippen LogP) is 3.82. The first kappa shape index (κ1) is 24.4. The number of carbonyl (C=O) groups excluding carboxylic acids is 1. The molecule has 0 aliphatic rings. The molecule has 0 bridgehead atoms. The van der Waals surface area contributed by atoms with Gasteiger partial charge in [0.2, 0.25) is 0 Å². The number of carbonyl (C=O) groups is 1. The zero-order valence-electron chi connectivity index (χ0n) is 19.8. The maximum Gasteiger partial charge on any atom is 0.340 e. The summed E-state index contributed by atoms with van der Waals surface area (Å²) < 4.78 is 33.6. The van der Waals surface area contributed by atoms with Gasteiger partial charge in [0.1, 0.15) is 5.75 Å². The first-order valence-electron chi connectivity index (χ1n) is 11.2. The molecule has 4 aromatic rings. The first-order chi connectivity index (χ1) is 16.8. The summed E-state index contributed by atoms with van der Waals surface area (Å²) in [5.41, 5.74) is 2.74. The topological polar surface area (TPSA) is 111 Å². The number of aromatic nitrogens is 2. The van der Waals surface area contributed by atoms with Crippen LogP contribution < -0.4 is 5.32 Å². The summed E-state index contributed by atoms with van der Waals surface area (Å²) in [7, 11) is -0.320. The quantitative estimate of drug-likeness (QED) is 0.359. The third kappa shape index (κ3) is 4.52. The Balaban J connectivity index is 2.04. The third-order valence-electron chi connectivity index (χ3n) is 5.92. The number of phenols is 1. The maximum atomic E-state index is 13.3. The number of phenolic OH excluding ortho intramolecular Hbond substituents is 1. The lowest BCUT2D eigenvalue weighted by Crippen LogP contribution is -2.14. The smallest absolute Gasteiger partial charge is 0.340 e. The average molecular weight is 494 g/mol. The van der Waals surface area contributed by atoms with Crippen LogP contribution in [0, 0.1) is 0 Å². The van der Waals surface area contributed by atoms with Crippen molar-refractivity contribution in [1.82, 2.24) is 14.9 Å². The zero-order chi connectivity index (χ0) is 25.2. The highest BCUT2D eigenvalue weighted by atomic mass is 32.2. The van der Waals surface area contributed by atoms with Crippen molar-refractivity contribution in [1.29, 1.82) is 0 Å². The van der Waals surface area contributed by atoms with Crippen LogP contribution in [0.15, 0.2) is 65.8 Å². The van der Waals surface area contributed by atoms with Gasteiger partial charge >= 0.3 is 5.97 Å². The second-order valence-corrected chi connectivity index (χ2v) is 10.1. The number of aromatic hydroxyl groups is 1. The molecule has 0 saturated carbocycles. The normalized spacial score (nSPS) is 11.6. The Hall–Kier alpha value is -3.69. The van der Waals surface area contributed by atoms with E-state index in [1.54, 1.807) is 68.3 Å². The monoisotopic (exact) mass is 493 g/mol. The molecular formula is C26H27N3O5S. The van der Waals surface area contributed by atoms with Gasteiger partial charge in [0.15, 0.2) is 9.84 Å². The van der Waals surface area contributed by atoms with E-state index in [0.717, 1.165) is 0 Å². The number of benzene rings is 2. The molecule has 4 rings (SSSR count). The van der Waals surface area contributed by atoms with Crippen molar-refractivity contribution in [3.63, 3.8) is 0 Å². The molecule has 8 nitrogen and oxygen atoms in total. The predicted molar refractivity (Wildman–Crippen MR) is 134 cm³/mol. The summed E-state index contributed by atoms with van der Waals surface area (Å²) in [6.45, 7) is 2.06. The van der Waals surface area contributed by atoms with Gasteiger partial charge in [-0.1, -0.05) is 24.3 Å². The van der Waals surface area contributed by atoms with Gasteiger partial charge in [0, 0.05) is 53.8 Å². The summed E-state index contributed by atoms with van der Waals surface area (Å²) in [5, 5.41) is 14.8. The van der Waals surface area contributed by atoms with Crippen molar-refractivity contribution < 1.29 is 23.1 Å². The average Bonchev–Trinajstić information content (AvgIpc) is 3.12. The van der Waals surface area contributed by atoms with Crippen LogP contribution in [0.1, 0.15) is 28.5 Å². The Morgan fingerprint density at radius 3 is 2.54 bits per heavy atom. The Morgan fingerprint density at radius 2 is 1.91 bits per heavy atom. The molecular weight excluding hydrogens is 466 g/mol. The summed E-state index contributed by atoms with van der Waals surface area (Å²) >= 11 is 0. The van der Waals surface area contributed by atoms with Crippen molar-refractivity contribution in [2.45, 2.75) is 24.1 Å². The lowest BCUT2D eigenvalue weighted by molar-refractivity contribution is 0.0527. The van der Waals surface area contributed by atoms with Gasteiger partial charge in [-0.15, -0.1) is 0 Å². The van der Waals surface area contributed by atoms with Crippen molar-refractivity contribution in [2.24, 2.45) is 7.05 Å². The van der Waals surface area contributed by atoms with E-state index in [9.17, 15) is 18.3 Å². The summed E-state index contributed by atoms with van der Waals surface area (Å²) in [6, 6.07) is 13.5. The second-order valence-electron chi connectivity index (χ2n) is 8.09. The van der Waals surface area contributed by atoms with E-state index in [1.807, 2.05) is 6.07 Å². The van der Waals surface area contributed by atoms with Crippen molar-refractivity contribution in [2.75, 3.05) is 13.7 Å². The fourth-order valence-corrected chi connectivity index (χ4v) is 5.72. The zero-order valence-corrected chi connectivity index (χ0v) is 20.6. The fourth-order valence-electron chi connectivity index (χ4n) is 4.29. The molecule has 35 heavy (non-hydrogen) atoms. The molecule has 0 spiro atoms. The lowest BCUT2D eigenvalue weighted by atomic mass is 9.97. The minimum atomic E-state index is -3.77. The van der Waals surface area contributed by atoms with E-state index in [2.05, 4.69) is 10.3 Å². The SMILES string of the molecule is CCOC(=O)c1c(CS(=O)(=O)c2ccccc2)n(C)c2cc(-c3cccnc3)c(O)c(CNC)c12. The van der Waals surface area contributed by atoms with Gasteiger partial charge in [0.25, 0.3) is 0 Å². The van der Waals surface area contributed by atoms with Gasteiger partial charge in [-0.25, -0.2) is 13.2 Å². The number of sulfone groups is 1. The molecule has 0 radical (unpaired) electrons. The molecule has 2 heterocycles. The van der Waals surface area contributed by atoms with Gasteiger partial charge in [-0.2, -0.15) is 0 Å². The molecule has 0 aliphatic heterocycles. The Kier molecular flexibility index (Phi) is 6.90. The molecule has 0 fully saturated rings. The Labute approximate surface area is 204 Å². The molecule has 2 aromatic heterocycles. The minimum Gasteiger partial charge on any atom is -0.507 e. The van der Waals surface area contributed by atoms with E-state index >= 15 is 0 Å². The van der Waals surface area contributed by atoms with Crippen LogP contribution >= 0.6 is 0 Å². The number of hydrogen-bond acceptors (Lipinski definition) is 7. The van der Waals surface area contributed by atoms with Crippen LogP contribution in [0.3, 0.4) is 0 Å². The van der Waals surface area contributed by atoms with Gasteiger partial charge in [-0.3, -0.25) is 4.98 Å². The van der Waals surface area contributed by atoms with Gasteiger partial charge < -0.3 is 19.7 Å². The van der Waals surface area contributed by atoms with Crippen LogP contribution in [0.25, 0.3) is 22.0 Å². The fraction of sp³-hybridized carbons (Fsp3) is 0.231. The van der Waals surface area contributed by atoms with Crippen molar-refractivity contribution >= 4 is 26.7 Å². The van der Waals surface area contributed by atoms with Crippen LogP contribution in [-0.4, -0.2) is 42.7 Å². The van der Waals surface area contributed by atoms with Crippen LogP contribution in [0.5, 0.6) is 5.75 Å². The number of pyridine rings is 1. The summed E-state index contributed by atoms with van der Waals surface area (Å²) in [4.78, 5) is 17.5. The molecule has 0 aliphatic carbocycles. The first-order valence-corrected chi connectivity index (χ1v) is 12.8. The highest BCUT2D eigenvalue weighted by molar-refractivity contribution is 7.90. The number of ether oxygens (including phenoxy) is 1. The molecule has 2 N–H and O–H groups in total. The van der Waals surface area contributed by atoms with E-state index < -0.39 is 21.6 Å². The van der Waals surface area contributed by atoms with E-state index in [4.69, 9.17) is 4.74 Å². The number of aryl methyl sites for hydroxylation is 1. The molecule has 0 unspecified atom stereocenters. The van der Waals surface area contributed by atoms with Crippen LogP contribution in [0.2, 0.25) is 0 Å². The summed E-state index contributed by atoms with van der Waals surface area (Å²) in [5.74, 6) is -1.05. The number of nitrogens with one attached hydrogen (secondary N) is 1. The Bertz CT molecular complexity index is 1480. The third-order valence-corrected chi connectivity index (χ3v) is 7.56. The molecule has 2 aromatic carbocycles. The number of esters is 1. The van der Waals surface area contributed by atoms with Gasteiger partial charge in [0.05, 0.1) is 28.3 Å². The number of nitrogens with zero attached hydrogens (tertiary/aromatic N) is 2. The van der Waals surface area contributed by atoms with Crippen LogP contribution in [-0.2, 0) is 33.9 Å². The van der Waals surface area contributed by atoms with Crippen molar-refractivity contribution in [3.8, 4) is 16.9 Å². The number of hydrogen-bond donors (Lipinski definition) is 2. The van der Waals surface area contributed by atoms with E-state index in [1.165, 1.54) is 12.1 Å².